The van der Waals surface area contributed by atoms with Gasteiger partial charge >= 0.3 is 0 Å². The first-order chi connectivity index (χ1) is 18.7. The number of carbonyl (C=O) groups excluding carboxylic acids is 1. The molecule has 0 saturated carbocycles. The molecule has 194 valence electrons. The molecule has 0 bridgehead atoms. The van der Waals surface area contributed by atoms with E-state index in [1.54, 1.807) is 18.4 Å². The molecule has 5 nitrogen and oxygen atoms in total. The number of nitrogens with zero attached hydrogens (tertiary/aromatic N) is 1. The van der Waals surface area contributed by atoms with Crippen LogP contribution >= 0.6 is 0 Å². The minimum atomic E-state index is -0.550. The first kappa shape index (κ1) is 24.5. The van der Waals surface area contributed by atoms with Gasteiger partial charge in [0, 0.05) is 31.1 Å². The molecule has 38 heavy (non-hydrogen) atoms. The average Bonchev–Trinajstić information content (AvgIpc) is 3.48. The van der Waals surface area contributed by atoms with Gasteiger partial charge in [-0.15, -0.1) is 0 Å². The van der Waals surface area contributed by atoms with Crippen LogP contribution in [0.25, 0.3) is 0 Å². The highest BCUT2D eigenvalue weighted by atomic mass is 16.5. The lowest BCUT2D eigenvalue weighted by atomic mass is 9.80. The summed E-state index contributed by atoms with van der Waals surface area (Å²) < 4.78 is 5.80. The number of piperidine rings is 1. The van der Waals surface area contributed by atoms with Crippen molar-refractivity contribution < 1.29 is 14.6 Å². The number of hydrogen-bond acceptors (Lipinski definition) is 4. The van der Waals surface area contributed by atoms with Gasteiger partial charge in [-0.3, -0.25) is 4.79 Å². The molecule has 3 heterocycles. The fourth-order valence-electron chi connectivity index (χ4n) is 6.47. The molecule has 0 radical (unpaired) electrons. The van der Waals surface area contributed by atoms with Crippen LogP contribution in [0.4, 0.5) is 0 Å². The molecule has 6 rings (SSSR count). The maximum atomic E-state index is 14.3. The summed E-state index contributed by atoms with van der Waals surface area (Å²) in [7, 11) is 0. The SMILES string of the molecule is O=C([C@@H]1CNC[C@H]1c1ccccc1C1OC=CC=C1O)N1CC[C@H](c2ccccc2)C[C@@H]1c1ccccc1. The molecule has 3 aliphatic rings. The van der Waals surface area contributed by atoms with Gasteiger partial charge in [-0.05, 0) is 47.6 Å². The Morgan fingerprint density at radius 1 is 0.868 bits per heavy atom. The predicted octanol–water partition coefficient (Wildman–Crippen LogP) is 6.16. The number of rotatable bonds is 5. The van der Waals surface area contributed by atoms with Crippen molar-refractivity contribution in [1.82, 2.24) is 10.2 Å². The van der Waals surface area contributed by atoms with Gasteiger partial charge in [0.15, 0.2) is 6.10 Å². The molecule has 2 saturated heterocycles. The molecular formula is C33H34N2O3. The minimum absolute atomic E-state index is 0.00396. The van der Waals surface area contributed by atoms with Gasteiger partial charge in [-0.2, -0.15) is 0 Å². The third-order valence-electron chi connectivity index (χ3n) is 8.38. The quantitative estimate of drug-likeness (QED) is 0.435. The van der Waals surface area contributed by atoms with E-state index in [-0.39, 0.29) is 29.5 Å². The molecule has 3 aliphatic heterocycles. The van der Waals surface area contributed by atoms with Crippen molar-refractivity contribution in [2.45, 2.75) is 36.8 Å². The van der Waals surface area contributed by atoms with Crippen molar-refractivity contribution in [3.8, 4) is 0 Å². The highest BCUT2D eigenvalue weighted by molar-refractivity contribution is 5.81. The van der Waals surface area contributed by atoms with Gasteiger partial charge in [-0.25, -0.2) is 0 Å². The van der Waals surface area contributed by atoms with Crippen molar-refractivity contribution in [2.24, 2.45) is 5.92 Å². The Bertz CT molecular complexity index is 1320. The Kier molecular flexibility index (Phi) is 7.02. The maximum Gasteiger partial charge on any atom is 0.228 e. The Balaban J connectivity index is 1.29. The molecule has 5 atom stereocenters. The number of likely N-dealkylation sites (tertiary alicyclic amines) is 1. The second-order valence-corrected chi connectivity index (χ2v) is 10.5. The van der Waals surface area contributed by atoms with Gasteiger partial charge in [-0.1, -0.05) is 84.9 Å². The van der Waals surface area contributed by atoms with Crippen LogP contribution in [0.5, 0.6) is 0 Å². The van der Waals surface area contributed by atoms with E-state index in [0.717, 1.165) is 37.1 Å². The number of hydrogen-bond donors (Lipinski definition) is 2. The Morgan fingerprint density at radius 3 is 2.29 bits per heavy atom. The zero-order valence-corrected chi connectivity index (χ0v) is 21.4. The van der Waals surface area contributed by atoms with Crippen LogP contribution in [-0.2, 0) is 9.53 Å². The van der Waals surface area contributed by atoms with E-state index in [2.05, 4.69) is 70.9 Å². The van der Waals surface area contributed by atoms with E-state index in [4.69, 9.17) is 4.74 Å². The van der Waals surface area contributed by atoms with Crippen LogP contribution in [0, 0.1) is 5.92 Å². The smallest absolute Gasteiger partial charge is 0.228 e. The lowest BCUT2D eigenvalue weighted by Crippen LogP contribution is -2.45. The molecule has 0 spiro atoms. The molecule has 1 amide bonds. The topological polar surface area (TPSA) is 61.8 Å². The van der Waals surface area contributed by atoms with E-state index in [1.165, 1.54) is 11.1 Å². The standard InChI is InChI=1S/C33H34N2O3/c36-31-16-9-19-38-32(31)27-15-8-7-14-26(27)28-21-34-22-29(28)33(37)35-18-17-25(23-10-3-1-4-11-23)20-30(35)24-12-5-2-6-13-24/h1-16,19,25,28-30,32,34,36H,17-18,20-22H2/t25-,28-,29+,30+,32?/m0/s1. The number of amides is 1. The molecule has 3 aromatic carbocycles. The summed E-state index contributed by atoms with van der Waals surface area (Å²) in [5.41, 5.74) is 4.53. The number of allylic oxidation sites excluding steroid dienone is 2. The summed E-state index contributed by atoms with van der Waals surface area (Å²) in [6.45, 7) is 2.10. The van der Waals surface area contributed by atoms with Crippen molar-refractivity contribution in [2.75, 3.05) is 19.6 Å². The molecule has 1 unspecified atom stereocenters. The maximum absolute atomic E-state index is 14.3. The van der Waals surface area contributed by atoms with Crippen molar-refractivity contribution >= 4 is 5.91 Å². The van der Waals surface area contributed by atoms with Crippen LogP contribution in [0.3, 0.4) is 0 Å². The monoisotopic (exact) mass is 506 g/mol. The lowest BCUT2D eigenvalue weighted by molar-refractivity contribution is -0.139. The van der Waals surface area contributed by atoms with E-state index in [1.807, 2.05) is 24.3 Å². The normalized spacial score (nSPS) is 27.0. The van der Waals surface area contributed by atoms with Crippen molar-refractivity contribution in [3.05, 3.63) is 131 Å². The molecule has 3 aromatic rings. The molecule has 0 aliphatic carbocycles. The minimum Gasteiger partial charge on any atom is -0.508 e. The predicted molar refractivity (Wildman–Crippen MR) is 149 cm³/mol. The van der Waals surface area contributed by atoms with Crippen LogP contribution < -0.4 is 5.32 Å². The van der Waals surface area contributed by atoms with E-state index in [9.17, 15) is 9.90 Å². The van der Waals surface area contributed by atoms with Crippen LogP contribution in [-0.4, -0.2) is 35.5 Å². The lowest BCUT2D eigenvalue weighted by Gasteiger charge is -2.42. The number of carbonyl (C=O) groups is 1. The van der Waals surface area contributed by atoms with Crippen molar-refractivity contribution in [3.63, 3.8) is 0 Å². The second kappa shape index (κ2) is 10.9. The number of ether oxygens (including phenoxy) is 1. The summed E-state index contributed by atoms with van der Waals surface area (Å²) in [6.07, 6.45) is 6.30. The Morgan fingerprint density at radius 2 is 1.55 bits per heavy atom. The number of nitrogens with one attached hydrogen (secondary N) is 1. The highest BCUT2D eigenvalue weighted by Crippen LogP contribution is 2.43. The second-order valence-electron chi connectivity index (χ2n) is 10.5. The first-order valence-corrected chi connectivity index (χ1v) is 13.6. The van der Waals surface area contributed by atoms with E-state index >= 15 is 0 Å². The Labute approximate surface area is 224 Å². The molecule has 2 N–H and O–H groups in total. The summed E-state index contributed by atoms with van der Waals surface area (Å²) in [5, 5.41) is 14.0. The van der Waals surface area contributed by atoms with Gasteiger partial charge in [0.25, 0.3) is 0 Å². The van der Waals surface area contributed by atoms with Crippen LogP contribution in [0.1, 0.15) is 59.1 Å². The Hall–Kier alpha value is -3.83. The number of benzene rings is 3. The molecule has 5 heteroatoms. The first-order valence-electron chi connectivity index (χ1n) is 13.6. The third-order valence-corrected chi connectivity index (χ3v) is 8.38. The summed E-state index contributed by atoms with van der Waals surface area (Å²) in [5.74, 6) is 0.639. The van der Waals surface area contributed by atoms with E-state index in [0.29, 0.717) is 12.5 Å². The van der Waals surface area contributed by atoms with Crippen LogP contribution in [0.2, 0.25) is 0 Å². The van der Waals surface area contributed by atoms with Crippen LogP contribution in [0.15, 0.2) is 109 Å². The summed E-state index contributed by atoms with van der Waals surface area (Å²) in [6, 6.07) is 29.3. The zero-order chi connectivity index (χ0) is 25.9. The van der Waals surface area contributed by atoms with Gasteiger partial charge in [0.05, 0.1) is 18.2 Å². The number of aliphatic hydroxyl groups is 1. The van der Waals surface area contributed by atoms with Gasteiger partial charge in [0.1, 0.15) is 5.76 Å². The van der Waals surface area contributed by atoms with Crippen molar-refractivity contribution in [1.29, 1.82) is 0 Å². The zero-order valence-electron chi connectivity index (χ0n) is 21.4. The fourth-order valence-corrected chi connectivity index (χ4v) is 6.47. The van der Waals surface area contributed by atoms with Gasteiger partial charge < -0.3 is 20.1 Å². The molecular weight excluding hydrogens is 472 g/mol. The summed E-state index contributed by atoms with van der Waals surface area (Å²) in [4.78, 5) is 16.5. The summed E-state index contributed by atoms with van der Waals surface area (Å²) >= 11 is 0. The third kappa shape index (κ3) is 4.74. The van der Waals surface area contributed by atoms with Gasteiger partial charge in [0.2, 0.25) is 5.91 Å². The fraction of sp³-hybridized carbons (Fsp3) is 0.303. The largest absolute Gasteiger partial charge is 0.508 e. The average molecular weight is 507 g/mol. The molecule has 0 aromatic heterocycles. The molecule has 2 fully saturated rings. The highest BCUT2D eigenvalue weighted by Gasteiger charge is 2.42. The van der Waals surface area contributed by atoms with E-state index < -0.39 is 6.10 Å². The number of aliphatic hydroxyl groups excluding tert-OH is 1.